The highest BCUT2D eigenvalue weighted by atomic mass is 32.2. The lowest BCUT2D eigenvalue weighted by Crippen LogP contribution is -2.35. The van der Waals surface area contributed by atoms with E-state index in [0.717, 1.165) is 24.8 Å². The highest BCUT2D eigenvalue weighted by Gasteiger charge is 2.28. The minimum Gasteiger partial charge on any atom is -0.478 e. The Labute approximate surface area is 171 Å². The van der Waals surface area contributed by atoms with Crippen molar-refractivity contribution in [2.24, 2.45) is 5.92 Å². The SMILES string of the molecule is CC1CCN(COc2ccc([S+](c3ccccc3)c3ccccc3)cc2)CC1. The van der Waals surface area contributed by atoms with Crippen molar-refractivity contribution in [3.8, 4) is 5.75 Å². The maximum Gasteiger partial charge on any atom is 0.166 e. The third-order valence-corrected chi connectivity index (χ3v) is 7.54. The summed E-state index contributed by atoms with van der Waals surface area (Å²) >= 11 is 0. The van der Waals surface area contributed by atoms with E-state index in [1.165, 1.54) is 27.5 Å². The van der Waals surface area contributed by atoms with E-state index in [9.17, 15) is 0 Å². The third-order valence-electron chi connectivity index (χ3n) is 5.31. The van der Waals surface area contributed by atoms with Crippen molar-refractivity contribution in [2.45, 2.75) is 34.5 Å². The molecule has 0 spiro atoms. The first-order valence-corrected chi connectivity index (χ1v) is 11.3. The second-order valence-electron chi connectivity index (χ2n) is 7.48. The standard InChI is InChI=1S/C25H28NOS/c1-21-16-18-26(19-17-21)20-27-22-12-14-25(15-13-22)28(23-8-4-2-5-9-23)24-10-6-3-7-11-24/h2-15,21H,16-20H2,1H3/q+1. The predicted molar refractivity (Wildman–Crippen MR) is 117 cm³/mol. The van der Waals surface area contributed by atoms with E-state index in [4.69, 9.17) is 4.74 Å². The van der Waals surface area contributed by atoms with Crippen LogP contribution in [0.15, 0.2) is 99.6 Å². The Bertz CT molecular complexity index is 803. The summed E-state index contributed by atoms with van der Waals surface area (Å²) in [5, 5.41) is 0. The van der Waals surface area contributed by atoms with Crippen molar-refractivity contribution < 1.29 is 4.74 Å². The van der Waals surface area contributed by atoms with Gasteiger partial charge in [0.05, 0.1) is 10.9 Å². The van der Waals surface area contributed by atoms with Gasteiger partial charge >= 0.3 is 0 Å². The van der Waals surface area contributed by atoms with Crippen LogP contribution in [0.4, 0.5) is 0 Å². The number of nitrogens with zero attached hydrogens (tertiary/aromatic N) is 1. The maximum atomic E-state index is 6.06. The Morgan fingerprint density at radius 1 is 0.750 bits per heavy atom. The van der Waals surface area contributed by atoms with Crippen LogP contribution in [0.1, 0.15) is 19.8 Å². The fourth-order valence-corrected chi connectivity index (χ4v) is 5.63. The summed E-state index contributed by atoms with van der Waals surface area (Å²) in [6, 6.07) is 30.2. The van der Waals surface area contributed by atoms with Gasteiger partial charge in [0.25, 0.3) is 0 Å². The Balaban J connectivity index is 1.49. The van der Waals surface area contributed by atoms with E-state index in [1.807, 2.05) is 0 Å². The maximum absolute atomic E-state index is 6.06. The van der Waals surface area contributed by atoms with Gasteiger partial charge in [-0.2, -0.15) is 0 Å². The van der Waals surface area contributed by atoms with Crippen LogP contribution in [0.5, 0.6) is 5.75 Å². The molecule has 0 radical (unpaired) electrons. The molecule has 0 unspecified atom stereocenters. The molecule has 0 N–H and O–H groups in total. The first-order chi connectivity index (χ1) is 13.8. The number of benzene rings is 3. The fraction of sp³-hybridized carbons (Fsp3) is 0.280. The van der Waals surface area contributed by atoms with Crippen molar-refractivity contribution >= 4 is 10.9 Å². The molecule has 28 heavy (non-hydrogen) atoms. The van der Waals surface area contributed by atoms with Gasteiger partial charge in [-0.3, -0.25) is 4.90 Å². The summed E-state index contributed by atoms with van der Waals surface area (Å²) in [6.45, 7) is 5.32. The summed E-state index contributed by atoms with van der Waals surface area (Å²) in [7, 11) is -0.101. The molecule has 2 nitrogen and oxygen atoms in total. The van der Waals surface area contributed by atoms with Crippen molar-refractivity contribution in [1.82, 2.24) is 4.90 Å². The Morgan fingerprint density at radius 3 is 1.79 bits per heavy atom. The number of hydrogen-bond acceptors (Lipinski definition) is 2. The molecular formula is C25H28NOS+. The lowest BCUT2D eigenvalue weighted by Gasteiger charge is -2.29. The van der Waals surface area contributed by atoms with Gasteiger partial charge in [-0.1, -0.05) is 43.3 Å². The molecule has 3 heteroatoms. The second kappa shape index (κ2) is 9.31. The van der Waals surface area contributed by atoms with Crippen LogP contribution in [0.3, 0.4) is 0 Å². The molecule has 144 valence electrons. The van der Waals surface area contributed by atoms with Crippen molar-refractivity contribution in [1.29, 1.82) is 0 Å². The lowest BCUT2D eigenvalue weighted by molar-refractivity contribution is 0.0914. The van der Waals surface area contributed by atoms with Crippen LogP contribution in [0, 0.1) is 5.92 Å². The van der Waals surface area contributed by atoms with Gasteiger partial charge in [0.15, 0.2) is 14.7 Å². The van der Waals surface area contributed by atoms with Gasteiger partial charge in [0.2, 0.25) is 0 Å². The molecule has 0 aromatic heterocycles. The lowest BCUT2D eigenvalue weighted by atomic mass is 10.00. The van der Waals surface area contributed by atoms with Gasteiger partial charge in [-0.15, -0.1) is 0 Å². The predicted octanol–water partition coefficient (Wildman–Crippen LogP) is 5.85. The minimum absolute atomic E-state index is 0.101. The van der Waals surface area contributed by atoms with Gasteiger partial charge < -0.3 is 4.74 Å². The zero-order valence-electron chi connectivity index (χ0n) is 16.5. The zero-order valence-corrected chi connectivity index (χ0v) is 17.3. The highest BCUT2D eigenvalue weighted by molar-refractivity contribution is 7.97. The van der Waals surface area contributed by atoms with Gasteiger partial charge in [0, 0.05) is 13.1 Å². The first-order valence-electron chi connectivity index (χ1n) is 10.1. The molecule has 1 aliphatic rings. The summed E-state index contributed by atoms with van der Waals surface area (Å²) in [5.74, 6) is 1.80. The summed E-state index contributed by atoms with van der Waals surface area (Å²) < 4.78 is 6.06. The monoisotopic (exact) mass is 390 g/mol. The Hall–Kier alpha value is -2.23. The second-order valence-corrected chi connectivity index (χ2v) is 9.50. The van der Waals surface area contributed by atoms with E-state index in [2.05, 4.69) is 96.8 Å². The van der Waals surface area contributed by atoms with Crippen molar-refractivity contribution in [3.05, 3.63) is 84.9 Å². The molecule has 0 aliphatic carbocycles. The molecule has 4 rings (SSSR count). The topological polar surface area (TPSA) is 12.5 Å². The number of hydrogen-bond donors (Lipinski definition) is 0. The van der Waals surface area contributed by atoms with Crippen LogP contribution in [-0.4, -0.2) is 24.7 Å². The fourth-order valence-electron chi connectivity index (χ4n) is 3.55. The molecular weight excluding hydrogens is 362 g/mol. The van der Waals surface area contributed by atoms with Crippen LogP contribution < -0.4 is 4.74 Å². The van der Waals surface area contributed by atoms with E-state index >= 15 is 0 Å². The average Bonchev–Trinajstić information content (AvgIpc) is 2.76. The van der Waals surface area contributed by atoms with Crippen LogP contribution in [0.25, 0.3) is 0 Å². The summed E-state index contributed by atoms with van der Waals surface area (Å²) in [6.07, 6.45) is 2.55. The number of rotatable bonds is 6. The van der Waals surface area contributed by atoms with Crippen molar-refractivity contribution in [2.75, 3.05) is 19.8 Å². The molecule has 0 amide bonds. The molecule has 0 bridgehead atoms. The quantitative estimate of drug-likeness (QED) is 0.490. The molecule has 1 fully saturated rings. The largest absolute Gasteiger partial charge is 0.478 e. The van der Waals surface area contributed by atoms with Crippen LogP contribution in [0.2, 0.25) is 0 Å². The Morgan fingerprint density at radius 2 is 1.25 bits per heavy atom. The van der Waals surface area contributed by atoms with Crippen LogP contribution in [-0.2, 0) is 10.9 Å². The molecule has 1 heterocycles. The Kier molecular flexibility index (Phi) is 6.35. The third kappa shape index (κ3) is 4.78. The highest BCUT2D eigenvalue weighted by Crippen LogP contribution is 2.32. The number of ether oxygens (including phenoxy) is 1. The first kappa shape index (κ1) is 19.1. The molecule has 3 aromatic carbocycles. The van der Waals surface area contributed by atoms with E-state index in [-0.39, 0.29) is 10.9 Å². The van der Waals surface area contributed by atoms with Gasteiger partial charge in [0.1, 0.15) is 12.5 Å². The summed E-state index contributed by atoms with van der Waals surface area (Å²) in [4.78, 5) is 6.40. The number of piperidine rings is 1. The van der Waals surface area contributed by atoms with E-state index in [1.54, 1.807) is 0 Å². The number of likely N-dealkylation sites (tertiary alicyclic amines) is 1. The smallest absolute Gasteiger partial charge is 0.166 e. The zero-order chi connectivity index (χ0) is 19.2. The van der Waals surface area contributed by atoms with Crippen molar-refractivity contribution in [3.63, 3.8) is 0 Å². The van der Waals surface area contributed by atoms with E-state index < -0.39 is 0 Å². The normalized spacial score (nSPS) is 15.6. The average molecular weight is 391 g/mol. The minimum atomic E-state index is -0.101. The molecule has 1 saturated heterocycles. The molecule has 0 atom stereocenters. The molecule has 1 aliphatic heterocycles. The van der Waals surface area contributed by atoms with E-state index in [0.29, 0.717) is 6.73 Å². The van der Waals surface area contributed by atoms with Gasteiger partial charge in [-0.05, 0) is 67.3 Å². The van der Waals surface area contributed by atoms with Crippen LogP contribution >= 0.6 is 0 Å². The molecule has 0 saturated carbocycles. The summed E-state index contributed by atoms with van der Waals surface area (Å²) in [5.41, 5.74) is 0. The van der Waals surface area contributed by atoms with Gasteiger partial charge in [-0.25, -0.2) is 0 Å². The molecule has 3 aromatic rings.